The molecule has 0 radical (unpaired) electrons. The molecule has 1 aliphatic rings. The number of fused-ring (bicyclic) bond motifs is 1. The first-order chi connectivity index (χ1) is 9.85. The Hall–Kier alpha value is -1.84. The van der Waals surface area contributed by atoms with Crippen molar-refractivity contribution in [3.63, 3.8) is 0 Å². The number of aromatic nitrogens is 2. The highest BCUT2D eigenvalue weighted by molar-refractivity contribution is 6.01. The van der Waals surface area contributed by atoms with Crippen LogP contribution in [0.1, 0.15) is 31.9 Å². The molecule has 0 atom stereocenters. The molecule has 1 saturated heterocycles. The highest BCUT2D eigenvalue weighted by atomic mass is 15.3. The van der Waals surface area contributed by atoms with Gasteiger partial charge >= 0.3 is 0 Å². The molecule has 0 amide bonds. The van der Waals surface area contributed by atoms with Gasteiger partial charge in [-0.1, -0.05) is 19.1 Å². The predicted molar refractivity (Wildman–Crippen MR) is 84.5 cm³/mol. The topological polar surface area (TPSA) is 41.1 Å². The molecular weight excluding hydrogens is 248 g/mol. The van der Waals surface area contributed by atoms with E-state index in [1.54, 1.807) is 0 Å². The maximum atomic E-state index is 4.52. The first kappa shape index (κ1) is 13.2. The molecule has 106 valence electrons. The van der Waals surface area contributed by atoms with Crippen molar-refractivity contribution in [1.82, 2.24) is 10.2 Å². The van der Waals surface area contributed by atoms with E-state index >= 15 is 0 Å². The molecule has 1 N–H and O–H groups in total. The van der Waals surface area contributed by atoms with Gasteiger partial charge in [0.25, 0.3) is 0 Å². The second-order valence-electron chi connectivity index (χ2n) is 5.35. The summed E-state index contributed by atoms with van der Waals surface area (Å²) in [5.74, 6) is 1.05. The summed E-state index contributed by atoms with van der Waals surface area (Å²) in [5.41, 5.74) is 2.22. The number of aryl methyl sites for hydroxylation is 1. The Morgan fingerprint density at radius 3 is 2.65 bits per heavy atom. The second-order valence-corrected chi connectivity index (χ2v) is 5.35. The lowest BCUT2D eigenvalue weighted by Crippen LogP contribution is -2.30. The van der Waals surface area contributed by atoms with Gasteiger partial charge in [0.2, 0.25) is 0 Å². The fourth-order valence-corrected chi connectivity index (χ4v) is 3.06. The summed E-state index contributed by atoms with van der Waals surface area (Å²) in [6.07, 6.45) is 4.74. The molecule has 0 aliphatic carbocycles. The van der Waals surface area contributed by atoms with Crippen LogP contribution in [0.5, 0.6) is 0 Å². The van der Waals surface area contributed by atoms with E-state index in [1.165, 1.54) is 30.0 Å². The molecule has 4 heteroatoms. The van der Waals surface area contributed by atoms with Crippen LogP contribution >= 0.6 is 0 Å². The van der Waals surface area contributed by atoms with E-state index in [-0.39, 0.29) is 0 Å². The predicted octanol–water partition coefficient (Wildman–Crippen LogP) is 3.22. The monoisotopic (exact) mass is 270 g/mol. The Morgan fingerprint density at radius 2 is 1.95 bits per heavy atom. The van der Waals surface area contributed by atoms with Gasteiger partial charge in [-0.2, -0.15) is 5.10 Å². The number of hydrogen-bond acceptors (Lipinski definition) is 4. The van der Waals surface area contributed by atoms with E-state index in [1.807, 2.05) is 7.05 Å². The fraction of sp³-hybridized carbons (Fsp3) is 0.500. The molecule has 1 fully saturated rings. The van der Waals surface area contributed by atoms with Crippen LogP contribution in [0.3, 0.4) is 0 Å². The third-order valence-electron chi connectivity index (χ3n) is 4.12. The highest BCUT2D eigenvalue weighted by Crippen LogP contribution is 2.32. The molecule has 0 saturated carbocycles. The van der Waals surface area contributed by atoms with Crippen molar-refractivity contribution in [1.29, 1.82) is 0 Å². The van der Waals surface area contributed by atoms with Gasteiger partial charge in [0.05, 0.1) is 5.69 Å². The van der Waals surface area contributed by atoms with Gasteiger partial charge in [-0.25, -0.2) is 0 Å². The highest BCUT2D eigenvalue weighted by Gasteiger charge is 2.18. The van der Waals surface area contributed by atoms with Crippen LogP contribution in [-0.2, 0) is 6.42 Å². The Kier molecular flexibility index (Phi) is 3.72. The van der Waals surface area contributed by atoms with Gasteiger partial charge in [0, 0.05) is 36.6 Å². The SMILES string of the molecule is CCc1nnc(N2CCCCC2)c2cccc(NC)c12. The molecule has 4 nitrogen and oxygen atoms in total. The van der Waals surface area contributed by atoms with E-state index in [9.17, 15) is 0 Å². The zero-order valence-corrected chi connectivity index (χ0v) is 12.3. The fourth-order valence-electron chi connectivity index (χ4n) is 3.06. The van der Waals surface area contributed by atoms with Crippen LogP contribution < -0.4 is 10.2 Å². The summed E-state index contributed by atoms with van der Waals surface area (Å²) in [7, 11) is 1.97. The number of piperidine rings is 1. The van der Waals surface area contributed by atoms with E-state index in [0.29, 0.717) is 0 Å². The Balaban J connectivity index is 2.18. The van der Waals surface area contributed by atoms with E-state index < -0.39 is 0 Å². The molecule has 20 heavy (non-hydrogen) atoms. The molecule has 2 aromatic rings. The van der Waals surface area contributed by atoms with Crippen LogP contribution in [0.15, 0.2) is 18.2 Å². The maximum Gasteiger partial charge on any atom is 0.159 e. The molecule has 3 rings (SSSR count). The first-order valence-corrected chi connectivity index (χ1v) is 7.56. The molecule has 0 unspecified atom stereocenters. The third-order valence-corrected chi connectivity index (χ3v) is 4.12. The van der Waals surface area contributed by atoms with Gasteiger partial charge in [-0.15, -0.1) is 5.10 Å². The standard InChI is InChI=1S/C16H22N4/c1-3-13-15-12(8-7-9-14(15)17-2)16(19-18-13)20-10-5-4-6-11-20/h7-9,17H,3-6,10-11H2,1-2H3. The van der Waals surface area contributed by atoms with Crippen LogP contribution in [0.25, 0.3) is 10.8 Å². The lowest BCUT2D eigenvalue weighted by atomic mass is 10.0. The zero-order valence-electron chi connectivity index (χ0n) is 12.3. The van der Waals surface area contributed by atoms with Gasteiger partial charge < -0.3 is 10.2 Å². The number of nitrogens with zero attached hydrogens (tertiary/aromatic N) is 3. The summed E-state index contributed by atoms with van der Waals surface area (Å²) in [6, 6.07) is 6.39. The summed E-state index contributed by atoms with van der Waals surface area (Å²) in [6.45, 7) is 4.33. The quantitative estimate of drug-likeness (QED) is 0.929. The normalized spacial score (nSPS) is 15.6. The summed E-state index contributed by atoms with van der Waals surface area (Å²) in [5, 5.41) is 14.7. The molecular formula is C16H22N4. The Bertz CT molecular complexity index is 592. The van der Waals surface area contributed by atoms with Crippen LogP contribution in [0, 0.1) is 0 Å². The molecule has 1 aliphatic heterocycles. The van der Waals surface area contributed by atoms with Crippen molar-refractivity contribution in [2.75, 3.05) is 30.4 Å². The summed E-state index contributed by atoms with van der Waals surface area (Å²) >= 11 is 0. The molecule has 1 aromatic heterocycles. The van der Waals surface area contributed by atoms with Crippen molar-refractivity contribution >= 4 is 22.3 Å². The minimum atomic E-state index is 0.905. The van der Waals surface area contributed by atoms with Crippen molar-refractivity contribution < 1.29 is 0 Å². The molecule has 2 heterocycles. The Labute approximate surface area is 120 Å². The van der Waals surface area contributed by atoms with Crippen molar-refractivity contribution in [2.24, 2.45) is 0 Å². The molecule has 0 bridgehead atoms. The first-order valence-electron chi connectivity index (χ1n) is 7.56. The van der Waals surface area contributed by atoms with Crippen LogP contribution in [-0.4, -0.2) is 30.3 Å². The number of hydrogen-bond donors (Lipinski definition) is 1. The lowest BCUT2D eigenvalue weighted by molar-refractivity contribution is 0.572. The van der Waals surface area contributed by atoms with Crippen LogP contribution in [0.4, 0.5) is 11.5 Å². The van der Waals surface area contributed by atoms with E-state index in [0.717, 1.165) is 36.7 Å². The number of anilines is 2. The second kappa shape index (κ2) is 5.65. The smallest absolute Gasteiger partial charge is 0.159 e. The van der Waals surface area contributed by atoms with E-state index in [4.69, 9.17) is 0 Å². The van der Waals surface area contributed by atoms with E-state index in [2.05, 4.69) is 45.5 Å². The number of rotatable bonds is 3. The number of benzene rings is 1. The third kappa shape index (κ3) is 2.19. The van der Waals surface area contributed by atoms with Gasteiger partial charge in [0.1, 0.15) is 0 Å². The van der Waals surface area contributed by atoms with Crippen molar-refractivity contribution in [3.05, 3.63) is 23.9 Å². The average molecular weight is 270 g/mol. The van der Waals surface area contributed by atoms with Gasteiger partial charge in [0.15, 0.2) is 5.82 Å². The molecule has 1 aromatic carbocycles. The summed E-state index contributed by atoms with van der Waals surface area (Å²) < 4.78 is 0. The lowest BCUT2D eigenvalue weighted by Gasteiger charge is -2.28. The number of nitrogens with one attached hydrogen (secondary N) is 1. The van der Waals surface area contributed by atoms with Gasteiger partial charge in [-0.3, -0.25) is 0 Å². The van der Waals surface area contributed by atoms with Crippen molar-refractivity contribution in [3.8, 4) is 0 Å². The summed E-state index contributed by atoms with van der Waals surface area (Å²) in [4.78, 5) is 2.39. The minimum Gasteiger partial charge on any atom is -0.388 e. The average Bonchev–Trinajstić information content (AvgIpc) is 2.54. The zero-order chi connectivity index (χ0) is 13.9. The largest absolute Gasteiger partial charge is 0.388 e. The maximum absolute atomic E-state index is 4.52. The Morgan fingerprint density at radius 1 is 1.15 bits per heavy atom. The van der Waals surface area contributed by atoms with Crippen LogP contribution in [0.2, 0.25) is 0 Å². The molecule has 0 spiro atoms. The van der Waals surface area contributed by atoms with Gasteiger partial charge in [-0.05, 0) is 31.7 Å². The minimum absolute atomic E-state index is 0.905. The van der Waals surface area contributed by atoms with Crippen molar-refractivity contribution in [2.45, 2.75) is 32.6 Å².